The largest absolute Gasteiger partial charge is 0.388 e. The van der Waals surface area contributed by atoms with Crippen LogP contribution in [0.5, 0.6) is 0 Å². The van der Waals surface area contributed by atoms with E-state index in [-0.39, 0.29) is 0 Å². The summed E-state index contributed by atoms with van der Waals surface area (Å²) < 4.78 is 0. The van der Waals surface area contributed by atoms with Gasteiger partial charge in [-0.2, -0.15) is 0 Å². The molecule has 1 heterocycles. The Balaban J connectivity index is 2.45. The Labute approximate surface area is 47.4 Å². The second kappa shape index (κ2) is 2.49. The van der Waals surface area contributed by atoms with E-state index in [9.17, 15) is 0 Å². The van der Waals surface area contributed by atoms with Gasteiger partial charge in [-0.25, -0.2) is 0 Å². The van der Waals surface area contributed by atoms with E-state index in [4.69, 9.17) is 5.21 Å². The van der Waals surface area contributed by atoms with Gasteiger partial charge in [0.1, 0.15) is 6.26 Å². The molecule has 44 valence electrons. The Bertz CT molecular complexity index is 106. The molecule has 1 aliphatic rings. The summed E-state index contributed by atoms with van der Waals surface area (Å²) in [5, 5.41) is 9.35. The van der Waals surface area contributed by atoms with Crippen LogP contribution >= 0.6 is 0 Å². The minimum Gasteiger partial charge on any atom is -0.388 e. The van der Waals surface area contributed by atoms with Crippen LogP contribution in [0, 0.1) is 0 Å². The predicted octanol–water partition coefficient (Wildman–Crippen LogP) is 0.693. The zero-order valence-corrected chi connectivity index (χ0v) is 4.32. The summed E-state index contributed by atoms with van der Waals surface area (Å²) in [4.78, 5) is 4.55. The minimum atomic E-state index is 0.410. The van der Waals surface area contributed by atoms with Crippen LogP contribution in [0.25, 0.3) is 0 Å². The molecular formula is C5H7NO2. The molecule has 0 atom stereocenters. The standard InChI is InChI=1S/C5H7NO2/c7-6-4-2-1-3-5-8-6/h1-3,5,7H,4H2. The molecule has 0 aromatic carbocycles. The minimum absolute atomic E-state index is 0.410. The Morgan fingerprint density at radius 1 is 1.50 bits per heavy atom. The van der Waals surface area contributed by atoms with Crippen LogP contribution in [-0.2, 0) is 4.84 Å². The second-order valence-electron chi connectivity index (χ2n) is 1.40. The molecule has 3 heteroatoms. The van der Waals surface area contributed by atoms with Crippen LogP contribution in [0.4, 0.5) is 0 Å². The quantitative estimate of drug-likeness (QED) is 0.501. The van der Waals surface area contributed by atoms with Gasteiger partial charge in [0.2, 0.25) is 0 Å². The van der Waals surface area contributed by atoms with E-state index in [1.54, 1.807) is 18.2 Å². The van der Waals surface area contributed by atoms with Crippen molar-refractivity contribution >= 4 is 0 Å². The van der Waals surface area contributed by atoms with Crippen molar-refractivity contribution in [2.45, 2.75) is 0 Å². The van der Waals surface area contributed by atoms with Gasteiger partial charge < -0.3 is 4.84 Å². The molecule has 0 aliphatic carbocycles. The van der Waals surface area contributed by atoms with Gasteiger partial charge in [-0.15, -0.1) is 0 Å². The number of allylic oxidation sites excluding steroid dienone is 2. The summed E-state index contributed by atoms with van der Waals surface area (Å²) in [5.41, 5.74) is 0. The predicted molar refractivity (Wildman–Crippen MR) is 27.9 cm³/mol. The molecular weight excluding hydrogens is 106 g/mol. The van der Waals surface area contributed by atoms with Crippen molar-refractivity contribution in [2.24, 2.45) is 0 Å². The van der Waals surface area contributed by atoms with Gasteiger partial charge in [-0.1, -0.05) is 12.2 Å². The highest BCUT2D eigenvalue weighted by Gasteiger charge is 1.93. The average Bonchev–Trinajstić information content (AvgIpc) is 1.94. The van der Waals surface area contributed by atoms with Crippen molar-refractivity contribution < 1.29 is 10.0 Å². The number of hydroxylamine groups is 2. The number of hydrogen-bond acceptors (Lipinski definition) is 3. The number of hydrogen-bond donors (Lipinski definition) is 1. The summed E-state index contributed by atoms with van der Waals surface area (Å²) in [6.45, 7) is 0.410. The fourth-order valence-corrected chi connectivity index (χ4v) is 0.423. The molecule has 0 bridgehead atoms. The molecule has 1 rings (SSSR count). The molecule has 0 amide bonds. The molecule has 1 aliphatic heterocycles. The zero-order valence-electron chi connectivity index (χ0n) is 4.32. The highest BCUT2D eigenvalue weighted by atomic mass is 16.9. The van der Waals surface area contributed by atoms with Crippen molar-refractivity contribution in [1.29, 1.82) is 0 Å². The van der Waals surface area contributed by atoms with E-state index in [2.05, 4.69) is 4.84 Å². The molecule has 0 aromatic heterocycles. The lowest BCUT2D eigenvalue weighted by atomic mass is 10.5. The molecule has 0 saturated carbocycles. The molecule has 0 aromatic rings. The monoisotopic (exact) mass is 113 g/mol. The lowest BCUT2D eigenvalue weighted by Gasteiger charge is -2.06. The van der Waals surface area contributed by atoms with Crippen LogP contribution in [0.15, 0.2) is 24.5 Å². The summed E-state index contributed by atoms with van der Waals surface area (Å²) >= 11 is 0. The van der Waals surface area contributed by atoms with E-state index < -0.39 is 0 Å². The van der Waals surface area contributed by atoms with Crippen molar-refractivity contribution in [2.75, 3.05) is 6.54 Å². The van der Waals surface area contributed by atoms with E-state index in [1.807, 2.05) is 0 Å². The Hall–Kier alpha value is -0.800. The SMILES string of the molecule is ON1CC=CC=CO1. The summed E-state index contributed by atoms with van der Waals surface area (Å²) in [6.07, 6.45) is 6.69. The van der Waals surface area contributed by atoms with E-state index in [0.717, 1.165) is 5.23 Å². The van der Waals surface area contributed by atoms with E-state index >= 15 is 0 Å². The molecule has 1 N–H and O–H groups in total. The van der Waals surface area contributed by atoms with Gasteiger partial charge >= 0.3 is 0 Å². The Morgan fingerprint density at radius 3 is 3.25 bits per heavy atom. The highest BCUT2D eigenvalue weighted by Crippen LogP contribution is 1.91. The summed E-state index contributed by atoms with van der Waals surface area (Å²) in [7, 11) is 0. The first kappa shape index (κ1) is 5.34. The summed E-state index contributed by atoms with van der Waals surface area (Å²) in [6, 6.07) is 0. The van der Waals surface area contributed by atoms with Gasteiger partial charge in [0, 0.05) is 0 Å². The smallest absolute Gasteiger partial charge is 0.114 e. The highest BCUT2D eigenvalue weighted by molar-refractivity contribution is 5.01. The van der Waals surface area contributed by atoms with Crippen LogP contribution in [0.2, 0.25) is 0 Å². The normalized spacial score (nSPS) is 20.1. The third-order valence-corrected chi connectivity index (χ3v) is 0.770. The molecule has 0 radical (unpaired) electrons. The molecule has 0 saturated heterocycles. The van der Waals surface area contributed by atoms with Crippen molar-refractivity contribution in [3.05, 3.63) is 24.5 Å². The molecule has 8 heavy (non-hydrogen) atoms. The molecule has 0 spiro atoms. The van der Waals surface area contributed by atoms with Crippen molar-refractivity contribution in [3.8, 4) is 0 Å². The molecule has 3 nitrogen and oxygen atoms in total. The van der Waals surface area contributed by atoms with Crippen LogP contribution in [0.1, 0.15) is 0 Å². The number of nitrogens with zero attached hydrogens (tertiary/aromatic N) is 1. The first-order valence-electron chi connectivity index (χ1n) is 2.34. The maximum absolute atomic E-state index is 8.60. The van der Waals surface area contributed by atoms with Crippen LogP contribution in [0.3, 0.4) is 0 Å². The lowest BCUT2D eigenvalue weighted by Crippen LogP contribution is -2.15. The number of rotatable bonds is 0. The summed E-state index contributed by atoms with van der Waals surface area (Å²) in [5.74, 6) is 0. The zero-order chi connectivity index (χ0) is 5.82. The van der Waals surface area contributed by atoms with Crippen LogP contribution in [-0.4, -0.2) is 17.0 Å². The Morgan fingerprint density at radius 2 is 2.38 bits per heavy atom. The molecule has 0 fully saturated rings. The van der Waals surface area contributed by atoms with Crippen molar-refractivity contribution in [3.63, 3.8) is 0 Å². The molecule has 0 unspecified atom stereocenters. The van der Waals surface area contributed by atoms with Gasteiger partial charge in [0.25, 0.3) is 0 Å². The fourth-order valence-electron chi connectivity index (χ4n) is 0.423. The Kier molecular flexibility index (Phi) is 1.66. The fraction of sp³-hybridized carbons (Fsp3) is 0.200. The average molecular weight is 113 g/mol. The third-order valence-electron chi connectivity index (χ3n) is 0.770. The first-order chi connectivity index (χ1) is 3.89. The van der Waals surface area contributed by atoms with Gasteiger partial charge in [-0.05, 0) is 11.3 Å². The van der Waals surface area contributed by atoms with E-state index in [1.165, 1.54) is 6.26 Å². The van der Waals surface area contributed by atoms with Crippen molar-refractivity contribution in [1.82, 2.24) is 5.23 Å². The van der Waals surface area contributed by atoms with Gasteiger partial charge in [-0.3, -0.25) is 5.21 Å². The van der Waals surface area contributed by atoms with E-state index in [0.29, 0.717) is 6.54 Å². The topological polar surface area (TPSA) is 32.7 Å². The maximum Gasteiger partial charge on any atom is 0.114 e. The van der Waals surface area contributed by atoms with Gasteiger partial charge in [0.15, 0.2) is 0 Å². The van der Waals surface area contributed by atoms with Crippen LogP contribution < -0.4 is 0 Å². The lowest BCUT2D eigenvalue weighted by molar-refractivity contribution is -0.302. The van der Waals surface area contributed by atoms with Gasteiger partial charge in [0.05, 0.1) is 6.54 Å². The third kappa shape index (κ3) is 1.36. The maximum atomic E-state index is 8.60. The first-order valence-corrected chi connectivity index (χ1v) is 2.34. The second-order valence-corrected chi connectivity index (χ2v) is 1.40.